The second-order valence-corrected chi connectivity index (χ2v) is 11.5. The zero-order chi connectivity index (χ0) is 29.5. The Bertz CT molecular complexity index is 1110. The quantitative estimate of drug-likeness (QED) is 0.117. The number of aliphatic carboxylic acids is 1. The second-order valence-electron chi connectivity index (χ2n) is 9.54. The van der Waals surface area contributed by atoms with Gasteiger partial charge in [0.2, 0.25) is 17.7 Å². The fourth-order valence-corrected chi connectivity index (χ4v) is 5.16. The number of thioether (sulfide) groups is 2. The third kappa shape index (κ3) is 10.7. The van der Waals surface area contributed by atoms with Crippen molar-refractivity contribution in [3.05, 3.63) is 36.0 Å². The minimum absolute atomic E-state index is 0.238. The van der Waals surface area contributed by atoms with E-state index in [1.165, 1.54) is 23.5 Å². The highest BCUT2D eigenvalue weighted by Gasteiger charge is 2.30. The molecule has 2 aromatic rings. The van der Waals surface area contributed by atoms with E-state index in [1.807, 2.05) is 43.0 Å². The molecule has 0 spiro atoms. The van der Waals surface area contributed by atoms with Gasteiger partial charge in [-0.1, -0.05) is 18.2 Å². The number of H-pyrrole nitrogens is 1. The normalized spacial score (nSPS) is 14.2. The SMILES string of the molecule is CSCCC(NC(=O)C(N)Cc1c[nH]c2ccccc12)C(=O)NC(CCSC)C(=O)NC(CCCCN)C(=O)O. The van der Waals surface area contributed by atoms with Crippen LogP contribution < -0.4 is 27.4 Å². The van der Waals surface area contributed by atoms with E-state index >= 15 is 0 Å². The third-order valence-electron chi connectivity index (χ3n) is 6.50. The maximum Gasteiger partial charge on any atom is 0.326 e. The Labute approximate surface area is 243 Å². The van der Waals surface area contributed by atoms with Crippen molar-refractivity contribution in [3.63, 3.8) is 0 Å². The molecule has 0 radical (unpaired) electrons. The summed E-state index contributed by atoms with van der Waals surface area (Å²) in [5.74, 6) is -1.54. The summed E-state index contributed by atoms with van der Waals surface area (Å²) in [6, 6.07) is 3.90. The fourth-order valence-electron chi connectivity index (χ4n) is 4.21. The number of hydrogen-bond donors (Lipinski definition) is 7. The van der Waals surface area contributed by atoms with Gasteiger partial charge < -0.3 is 37.5 Å². The van der Waals surface area contributed by atoms with Crippen LogP contribution in [-0.2, 0) is 25.6 Å². The van der Waals surface area contributed by atoms with Crippen molar-refractivity contribution in [1.29, 1.82) is 0 Å². The monoisotopic (exact) mass is 594 g/mol. The molecule has 1 heterocycles. The smallest absolute Gasteiger partial charge is 0.326 e. The molecular weight excluding hydrogens is 552 g/mol. The largest absolute Gasteiger partial charge is 0.480 e. The number of carboxylic acid groups (broad SMARTS) is 1. The maximum atomic E-state index is 13.3. The van der Waals surface area contributed by atoms with E-state index in [-0.39, 0.29) is 12.8 Å². The maximum absolute atomic E-state index is 13.3. The molecule has 222 valence electrons. The summed E-state index contributed by atoms with van der Waals surface area (Å²) in [6.07, 6.45) is 7.96. The lowest BCUT2D eigenvalue weighted by Gasteiger charge is -2.25. The number of unbranched alkanes of at least 4 members (excludes halogenated alkanes) is 1. The second kappa shape index (κ2) is 17.8. The van der Waals surface area contributed by atoms with E-state index in [9.17, 15) is 24.3 Å². The minimum atomic E-state index is -1.14. The lowest BCUT2D eigenvalue weighted by Crippen LogP contribution is -2.57. The molecule has 9 N–H and O–H groups in total. The van der Waals surface area contributed by atoms with Gasteiger partial charge in [-0.15, -0.1) is 0 Å². The first-order valence-corrected chi connectivity index (χ1v) is 16.1. The lowest BCUT2D eigenvalue weighted by molar-refractivity contribution is -0.142. The molecule has 4 atom stereocenters. The van der Waals surface area contributed by atoms with Crippen LogP contribution >= 0.6 is 23.5 Å². The predicted molar refractivity (Wildman–Crippen MR) is 162 cm³/mol. The number of nitrogens with one attached hydrogen (secondary N) is 4. The Kier molecular flexibility index (Phi) is 14.9. The fraction of sp³-hybridized carbons (Fsp3) is 0.556. The molecule has 0 bridgehead atoms. The molecule has 2 rings (SSSR count). The van der Waals surface area contributed by atoms with Crippen LogP contribution in [0.4, 0.5) is 0 Å². The van der Waals surface area contributed by atoms with E-state index in [2.05, 4.69) is 20.9 Å². The molecule has 0 fully saturated rings. The van der Waals surface area contributed by atoms with Crippen molar-refractivity contribution < 1.29 is 24.3 Å². The summed E-state index contributed by atoms with van der Waals surface area (Å²) >= 11 is 3.03. The number of carbonyl (C=O) groups is 4. The van der Waals surface area contributed by atoms with E-state index in [4.69, 9.17) is 11.5 Å². The molecule has 0 saturated heterocycles. The van der Waals surface area contributed by atoms with Gasteiger partial charge in [0, 0.05) is 17.1 Å². The average molecular weight is 595 g/mol. The van der Waals surface area contributed by atoms with Gasteiger partial charge in [0.25, 0.3) is 0 Å². The summed E-state index contributed by atoms with van der Waals surface area (Å²) in [4.78, 5) is 54.2. The number of carboxylic acids is 1. The predicted octanol–water partition coefficient (Wildman–Crippen LogP) is 1.21. The van der Waals surface area contributed by atoms with Gasteiger partial charge in [-0.05, 0) is 80.7 Å². The molecule has 0 aliphatic rings. The zero-order valence-corrected chi connectivity index (χ0v) is 24.7. The number of rotatable bonds is 19. The standard InChI is InChI=1S/C27H42N6O5S2/c1-39-13-10-21(31-24(34)19(29)15-17-16-30-20-8-4-3-7-18(17)20)25(35)32-22(11-14-40-2)26(36)33-23(27(37)38)9-5-6-12-28/h3-4,7-8,16,19,21-23,30H,5-6,9-15,28-29H2,1-2H3,(H,31,34)(H,32,35)(H,33,36)(H,37,38). The van der Waals surface area contributed by atoms with Crippen LogP contribution in [0, 0.1) is 0 Å². The zero-order valence-electron chi connectivity index (χ0n) is 23.1. The number of benzene rings is 1. The molecule has 1 aromatic carbocycles. The number of aromatic nitrogens is 1. The van der Waals surface area contributed by atoms with Gasteiger partial charge >= 0.3 is 5.97 Å². The van der Waals surface area contributed by atoms with Gasteiger partial charge in [-0.2, -0.15) is 23.5 Å². The molecular formula is C27H42N6O5S2. The minimum Gasteiger partial charge on any atom is -0.480 e. The van der Waals surface area contributed by atoms with Gasteiger partial charge in [-0.3, -0.25) is 14.4 Å². The molecule has 11 nitrogen and oxygen atoms in total. The molecule has 4 unspecified atom stereocenters. The van der Waals surface area contributed by atoms with Crippen LogP contribution in [0.5, 0.6) is 0 Å². The van der Waals surface area contributed by atoms with Crippen LogP contribution in [0.3, 0.4) is 0 Å². The molecule has 3 amide bonds. The van der Waals surface area contributed by atoms with Crippen molar-refractivity contribution in [2.24, 2.45) is 11.5 Å². The summed E-state index contributed by atoms with van der Waals surface area (Å²) < 4.78 is 0. The van der Waals surface area contributed by atoms with Crippen LogP contribution in [0.1, 0.15) is 37.7 Å². The first-order valence-electron chi connectivity index (χ1n) is 13.3. The Morgan fingerprint density at radius 1 is 0.875 bits per heavy atom. The number of nitrogens with two attached hydrogens (primary N) is 2. The summed E-state index contributed by atoms with van der Waals surface area (Å²) in [6.45, 7) is 0.432. The molecule has 1 aromatic heterocycles. The Morgan fingerprint density at radius 2 is 1.45 bits per heavy atom. The van der Waals surface area contributed by atoms with Crippen molar-refractivity contribution in [3.8, 4) is 0 Å². The Hall–Kier alpha value is -2.74. The first kappa shape index (κ1) is 33.5. The number of carbonyl (C=O) groups excluding carboxylic acids is 3. The van der Waals surface area contributed by atoms with Gasteiger partial charge in [0.1, 0.15) is 18.1 Å². The highest BCUT2D eigenvalue weighted by Crippen LogP contribution is 2.19. The molecule has 0 saturated carbocycles. The van der Waals surface area contributed by atoms with Crippen LogP contribution in [0.15, 0.2) is 30.5 Å². The van der Waals surface area contributed by atoms with Gasteiger partial charge in [0.05, 0.1) is 6.04 Å². The van der Waals surface area contributed by atoms with Crippen LogP contribution in [-0.4, -0.2) is 88.5 Å². The number of para-hydroxylation sites is 1. The molecule has 0 aliphatic heterocycles. The summed E-state index contributed by atoms with van der Waals surface area (Å²) in [7, 11) is 0. The van der Waals surface area contributed by atoms with E-state index < -0.39 is 47.9 Å². The van der Waals surface area contributed by atoms with Crippen molar-refractivity contribution >= 4 is 58.1 Å². The number of aromatic amines is 1. The summed E-state index contributed by atoms with van der Waals surface area (Å²) in [5.41, 5.74) is 13.6. The first-order chi connectivity index (χ1) is 19.2. The molecule has 40 heavy (non-hydrogen) atoms. The van der Waals surface area contributed by atoms with Crippen molar-refractivity contribution in [2.75, 3.05) is 30.6 Å². The van der Waals surface area contributed by atoms with Gasteiger partial charge in [-0.25, -0.2) is 4.79 Å². The van der Waals surface area contributed by atoms with Gasteiger partial charge in [0.15, 0.2) is 0 Å². The lowest BCUT2D eigenvalue weighted by atomic mass is 10.0. The Balaban J connectivity index is 2.08. The van der Waals surface area contributed by atoms with Crippen molar-refractivity contribution in [1.82, 2.24) is 20.9 Å². The number of fused-ring (bicyclic) bond motifs is 1. The Morgan fingerprint density at radius 3 is 2.02 bits per heavy atom. The van der Waals surface area contributed by atoms with Crippen LogP contribution in [0.2, 0.25) is 0 Å². The van der Waals surface area contributed by atoms with E-state index in [1.54, 1.807) is 0 Å². The van der Waals surface area contributed by atoms with Crippen molar-refractivity contribution in [2.45, 2.75) is 62.7 Å². The highest BCUT2D eigenvalue weighted by molar-refractivity contribution is 7.98. The third-order valence-corrected chi connectivity index (χ3v) is 7.79. The van der Waals surface area contributed by atoms with E-state index in [0.717, 1.165) is 16.5 Å². The highest BCUT2D eigenvalue weighted by atomic mass is 32.2. The van der Waals surface area contributed by atoms with E-state index in [0.29, 0.717) is 43.7 Å². The summed E-state index contributed by atoms with van der Waals surface area (Å²) in [5, 5.41) is 18.6. The number of amides is 3. The topological polar surface area (TPSA) is 192 Å². The van der Waals surface area contributed by atoms with Crippen LogP contribution in [0.25, 0.3) is 10.9 Å². The number of hydrogen-bond acceptors (Lipinski definition) is 8. The molecule has 0 aliphatic carbocycles. The molecule has 13 heteroatoms. The average Bonchev–Trinajstić information content (AvgIpc) is 3.34.